The molecule has 1 unspecified atom stereocenters. The summed E-state index contributed by atoms with van der Waals surface area (Å²) in [5.74, 6) is 0.183. The number of carbonyl (C=O) groups is 1. The van der Waals surface area contributed by atoms with Gasteiger partial charge in [-0.05, 0) is 18.2 Å². The monoisotopic (exact) mass is 285 g/mol. The van der Waals surface area contributed by atoms with Crippen molar-refractivity contribution in [3.8, 4) is 0 Å². The van der Waals surface area contributed by atoms with Crippen LogP contribution in [-0.2, 0) is 0 Å². The number of carbonyl (C=O) groups excluding carboxylic acids is 1. The first kappa shape index (κ1) is 12.9. The van der Waals surface area contributed by atoms with Gasteiger partial charge in [0.2, 0.25) is 0 Å². The lowest BCUT2D eigenvalue weighted by Gasteiger charge is -2.10. The Balaban J connectivity index is 1.72. The van der Waals surface area contributed by atoms with Crippen molar-refractivity contribution in [2.24, 2.45) is 0 Å². The van der Waals surface area contributed by atoms with E-state index < -0.39 is 0 Å². The van der Waals surface area contributed by atoms with Crippen LogP contribution >= 0.6 is 11.3 Å². The summed E-state index contributed by atoms with van der Waals surface area (Å²) in [6.07, 6.45) is 3.64. The fourth-order valence-electron chi connectivity index (χ4n) is 2.19. The first-order chi connectivity index (χ1) is 9.75. The fourth-order valence-corrected chi connectivity index (χ4v) is 2.89. The zero-order valence-electron chi connectivity index (χ0n) is 11.1. The number of H-pyrrole nitrogens is 1. The standard InChI is InChI=1S/C15H15N3OS/c1-10(15-17-7-8-20-15)9-18-14(19)12-3-2-4-13-11(12)5-6-16-13/h2-8,10,16H,9H2,1H3,(H,18,19). The first-order valence-corrected chi connectivity index (χ1v) is 7.37. The van der Waals surface area contributed by atoms with Gasteiger partial charge in [-0.1, -0.05) is 13.0 Å². The summed E-state index contributed by atoms with van der Waals surface area (Å²) < 4.78 is 0. The van der Waals surface area contributed by atoms with Crippen LogP contribution in [0.25, 0.3) is 10.9 Å². The molecule has 3 aromatic rings. The number of thiazole rings is 1. The smallest absolute Gasteiger partial charge is 0.251 e. The zero-order valence-corrected chi connectivity index (χ0v) is 11.9. The molecule has 5 heteroatoms. The minimum atomic E-state index is -0.0430. The van der Waals surface area contributed by atoms with E-state index in [1.165, 1.54) is 0 Å². The van der Waals surface area contributed by atoms with E-state index in [-0.39, 0.29) is 11.8 Å². The molecule has 0 aliphatic rings. The topological polar surface area (TPSA) is 57.8 Å². The number of nitrogens with one attached hydrogen (secondary N) is 2. The van der Waals surface area contributed by atoms with E-state index in [0.29, 0.717) is 12.1 Å². The average Bonchev–Trinajstić information content (AvgIpc) is 3.13. The molecule has 3 rings (SSSR count). The van der Waals surface area contributed by atoms with Gasteiger partial charge in [0.05, 0.1) is 5.01 Å². The Bertz CT molecular complexity index is 718. The van der Waals surface area contributed by atoms with Crippen molar-refractivity contribution in [2.45, 2.75) is 12.8 Å². The van der Waals surface area contributed by atoms with E-state index in [9.17, 15) is 4.79 Å². The predicted octanol–water partition coefficient (Wildman–Crippen LogP) is 3.16. The van der Waals surface area contributed by atoms with Crippen molar-refractivity contribution in [1.82, 2.24) is 15.3 Å². The molecule has 0 spiro atoms. The molecule has 2 N–H and O–H groups in total. The number of amides is 1. The van der Waals surface area contributed by atoms with Gasteiger partial charge in [0.1, 0.15) is 0 Å². The highest BCUT2D eigenvalue weighted by Gasteiger charge is 2.13. The second kappa shape index (κ2) is 5.46. The molecule has 0 aliphatic carbocycles. The van der Waals surface area contributed by atoms with E-state index in [1.807, 2.05) is 35.8 Å². The molecule has 1 aromatic carbocycles. The maximum atomic E-state index is 12.3. The maximum absolute atomic E-state index is 12.3. The van der Waals surface area contributed by atoms with E-state index >= 15 is 0 Å². The summed E-state index contributed by atoms with van der Waals surface area (Å²) in [7, 11) is 0. The lowest BCUT2D eigenvalue weighted by molar-refractivity contribution is 0.0953. The highest BCUT2D eigenvalue weighted by atomic mass is 32.1. The first-order valence-electron chi connectivity index (χ1n) is 6.49. The zero-order chi connectivity index (χ0) is 13.9. The highest BCUT2D eigenvalue weighted by molar-refractivity contribution is 7.09. The van der Waals surface area contributed by atoms with Crippen LogP contribution in [0, 0.1) is 0 Å². The number of rotatable bonds is 4. The second-order valence-corrected chi connectivity index (χ2v) is 5.65. The minimum Gasteiger partial charge on any atom is -0.361 e. The molecular formula is C15H15N3OS. The molecule has 2 aromatic heterocycles. The van der Waals surface area contributed by atoms with Crippen LogP contribution in [0.1, 0.15) is 28.2 Å². The molecule has 1 amide bonds. The van der Waals surface area contributed by atoms with Gasteiger partial charge < -0.3 is 10.3 Å². The van der Waals surface area contributed by atoms with Gasteiger partial charge in [-0.15, -0.1) is 11.3 Å². The third-order valence-corrected chi connectivity index (χ3v) is 4.29. The summed E-state index contributed by atoms with van der Waals surface area (Å²) >= 11 is 1.62. The largest absolute Gasteiger partial charge is 0.361 e. The van der Waals surface area contributed by atoms with Gasteiger partial charge >= 0.3 is 0 Å². The molecular weight excluding hydrogens is 270 g/mol. The van der Waals surface area contributed by atoms with E-state index in [1.54, 1.807) is 17.5 Å². The molecule has 0 saturated carbocycles. The van der Waals surface area contributed by atoms with Crippen molar-refractivity contribution in [3.05, 3.63) is 52.6 Å². The Hall–Kier alpha value is -2.14. The molecule has 0 bridgehead atoms. The third-order valence-electron chi connectivity index (χ3n) is 3.28. The van der Waals surface area contributed by atoms with E-state index in [2.05, 4.69) is 22.2 Å². The van der Waals surface area contributed by atoms with E-state index in [4.69, 9.17) is 0 Å². The third kappa shape index (κ3) is 2.44. The normalized spacial score (nSPS) is 12.4. The van der Waals surface area contributed by atoms with Gasteiger partial charge in [-0.25, -0.2) is 4.98 Å². The molecule has 2 heterocycles. The summed E-state index contributed by atoms with van der Waals surface area (Å²) in [6, 6.07) is 7.62. The lowest BCUT2D eigenvalue weighted by Crippen LogP contribution is -2.27. The van der Waals surface area contributed by atoms with Gasteiger partial charge in [0, 0.05) is 46.7 Å². The Morgan fingerprint density at radius 2 is 2.35 bits per heavy atom. The number of aromatic amines is 1. The fraction of sp³-hybridized carbons (Fsp3) is 0.200. The maximum Gasteiger partial charge on any atom is 0.251 e. The number of aromatic nitrogens is 2. The summed E-state index contributed by atoms with van der Waals surface area (Å²) in [4.78, 5) is 19.7. The number of fused-ring (bicyclic) bond motifs is 1. The van der Waals surface area contributed by atoms with Crippen molar-refractivity contribution in [3.63, 3.8) is 0 Å². The quantitative estimate of drug-likeness (QED) is 0.773. The van der Waals surface area contributed by atoms with Crippen LogP contribution in [0.4, 0.5) is 0 Å². The van der Waals surface area contributed by atoms with Crippen LogP contribution < -0.4 is 5.32 Å². The van der Waals surface area contributed by atoms with Gasteiger partial charge in [-0.2, -0.15) is 0 Å². The van der Waals surface area contributed by atoms with Crippen molar-refractivity contribution in [2.75, 3.05) is 6.54 Å². The number of hydrogen-bond acceptors (Lipinski definition) is 3. The van der Waals surface area contributed by atoms with Crippen molar-refractivity contribution < 1.29 is 4.79 Å². The predicted molar refractivity (Wildman–Crippen MR) is 81.2 cm³/mol. The molecule has 4 nitrogen and oxygen atoms in total. The molecule has 20 heavy (non-hydrogen) atoms. The minimum absolute atomic E-state index is 0.0430. The Kier molecular flexibility index (Phi) is 3.52. The van der Waals surface area contributed by atoms with Crippen LogP contribution in [0.3, 0.4) is 0 Å². The number of benzene rings is 1. The molecule has 0 aliphatic heterocycles. The van der Waals surface area contributed by atoms with Crippen LogP contribution in [0.15, 0.2) is 42.0 Å². The Morgan fingerprint density at radius 3 is 3.15 bits per heavy atom. The Morgan fingerprint density at radius 1 is 1.45 bits per heavy atom. The highest BCUT2D eigenvalue weighted by Crippen LogP contribution is 2.19. The molecule has 0 saturated heterocycles. The van der Waals surface area contributed by atoms with Gasteiger partial charge in [0.25, 0.3) is 5.91 Å². The van der Waals surface area contributed by atoms with Gasteiger partial charge in [0.15, 0.2) is 0 Å². The van der Waals surface area contributed by atoms with Crippen molar-refractivity contribution in [1.29, 1.82) is 0 Å². The van der Waals surface area contributed by atoms with Crippen molar-refractivity contribution >= 4 is 28.1 Å². The number of hydrogen-bond donors (Lipinski definition) is 2. The summed E-state index contributed by atoms with van der Waals surface area (Å²) in [6.45, 7) is 2.66. The average molecular weight is 285 g/mol. The Labute approximate surface area is 120 Å². The SMILES string of the molecule is CC(CNC(=O)c1cccc2[nH]ccc12)c1nccs1. The summed E-state index contributed by atoms with van der Waals surface area (Å²) in [5, 5.41) is 6.93. The summed E-state index contributed by atoms with van der Waals surface area (Å²) in [5.41, 5.74) is 1.68. The molecule has 102 valence electrons. The number of nitrogens with zero attached hydrogens (tertiary/aromatic N) is 1. The van der Waals surface area contributed by atoms with Gasteiger partial charge in [-0.3, -0.25) is 4.79 Å². The van der Waals surface area contributed by atoms with Crippen LogP contribution in [0.2, 0.25) is 0 Å². The molecule has 0 radical (unpaired) electrons. The van der Waals surface area contributed by atoms with Crippen LogP contribution in [-0.4, -0.2) is 22.4 Å². The molecule has 1 atom stereocenters. The van der Waals surface area contributed by atoms with E-state index in [0.717, 1.165) is 15.9 Å². The molecule has 0 fully saturated rings. The lowest BCUT2D eigenvalue weighted by atomic mass is 10.1. The second-order valence-electron chi connectivity index (χ2n) is 4.73. The van der Waals surface area contributed by atoms with Crippen LogP contribution in [0.5, 0.6) is 0 Å².